The van der Waals surface area contributed by atoms with Crippen molar-refractivity contribution in [1.82, 2.24) is 10.0 Å². The third-order valence-electron chi connectivity index (χ3n) is 4.28. The van der Waals surface area contributed by atoms with Gasteiger partial charge in [-0.3, -0.25) is 9.59 Å². The molecule has 10 heteroatoms. The monoisotopic (exact) mass is 433 g/mol. The van der Waals surface area contributed by atoms with Crippen molar-refractivity contribution in [3.05, 3.63) is 48.5 Å². The van der Waals surface area contributed by atoms with Gasteiger partial charge in [0.05, 0.1) is 17.5 Å². The number of benzene rings is 2. The van der Waals surface area contributed by atoms with E-state index in [1.807, 2.05) is 12.1 Å². The summed E-state index contributed by atoms with van der Waals surface area (Å²) in [6, 6.07) is 11.9. The molecule has 1 aliphatic heterocycles. The predicted octanol–water partition coefficient (Wildman–Crippen LogP) is 1.27. The van der Waals surface area contributed by atoms with Crippen LogP contribution in [0.3, 0.4) is 0 Å². The fourth-order valence-electron chi connectivity index (χ4n) is 2.81. The maximum absolute atomic E-state index is 12.5. The number of para-hydroxylation sites is 2. The highest BCUT2D eigenvalue weighted by atomic mass is 32.2. The van der Waals surface area contributed by atoms with Crippen LogP contribution in [0.25, 0.3) is 0 Å². The number of amides is 2. The molecule has 0 spiro atoms. The summed E-state index contributed by atoms with van der Waals surface area (Å²) in [5.41, 5.74) is 0.475. The van der Waals surface area contributed by atoms with Gasteiger partial charge in [0.15, 0.2) is 11.5 Å². The van der Waals surface area contributed by atoms with E-state index in [1.165, 1.54) is 38.1 Å². The van der Waals surface area contributed by atoms with Gasteiger partial charge in [-0.05, 0) is 43.3 Å². The molecule has 0 saturated carbocycles. The molecule has 9 nitrogen and oxygen atoms in total. The third kappa shape index (κ3) is 5.49. The zero-order valence-electron chi connectivity index (χ0n) is 16.5. The first-order valence-corrected chi connectivity index (χ1v) is 10.8. The highest BCUT2D eigenvalue weighted by molar-refractivity contribution is 7.89. The second-order valence-electron chi connectivity index (χ2n) is 6.79. The Morgan fingerprint density at radius 1 is 1.10 bits per heavy atom. The van der Waals surface area contributed by atoms with Crippen molar-refractivity contribution in [1.29, 1.82) is 0 Å². The Kier molecular flexibility index (Phi) is 6.58. The largest absolute Gasteiger partial charge is 0.486 e. The van der Waals surface area contributed by atoms with Crippen molar-refractivity contribution < 1.29 is 27.5 Å². The summed E-state index contributed by atoms with van der Waals surface area (Å²) in [4.78, 5) is 23.4. The van der Waals surface area contributed by atoms with E-state index in [0.717, 1.165) is 0 Å². The summed E-state index contributed by atoms with van der Waals surface area (Å²) in [7, 11) is -3.91. The van der Waals surface area contributed by atoms with E-state index in [2.05, 4.69) is 15.4 Å². The highest BCUT2D eigenvalue weighted by Gasteiger charge is 2.25. The van der Waals surface area contributed by atoms with Crippen LogP contribution < -0.4 is 24.8 Å². The van der Waals surface area contributed by atoms with Crippen molar-refractivity contribution in [2.45, 2.75) is 30.9 Å². The first kappa shape index (κ1) is 21.6. The molecule has 3 rings (SSSR count). The van der Waals surface area contributed by atoms with Gasteiger partial charge in [-0.25, -0.2) is 8.42 Å². The van der Waals surface area contributed by atoms with E-state index in [1.54, 1.807) is 12.1 Å². The van der Waals surface area contributed by atoms with Crippen LogP contribution in [-0.4, -0.2) is 45.5 Å². The zero-order valence-corrected chi connectivity index (χ0v) is 17.4. The van der Waals surface area contributed by atoms with Crippen molar-refractivity contribution in [3.63, 3.8) is 0 Å². The molecule has 0 saturated heterocycles. The fraction of sp³-hybridized carbons (Fsp3) is 0.300. The number of carbonyl (C=O) groups is 2. The molecule has 0 bridgehead atoms. The molecular weight excluding hydrogens is 410 g/mol. The average molecular weight is 433 g/mol. The van der Waals surface area contributed by atoms with Gasteiger partial charge in [-0.15, -0.1) is 0 Å². The second-order valence-corrected chi connectivity index (χ2v) is 8.51. The zero-order chi connectivity index (χ0) is 21.7. The normalized spacial score (nSPS) is 16.4. The molecule has 30 heavy (non-hydrogen) atoms. The van der Waals surface area contributed by atoms with E-state index in [4.69, 9.17) is 9.47 Å². The standard InChI is InChI=1S/C20H23N3O6S/c1-13(23-30(26,27)17-9-7-15(8-10-17)22-14(2)24)20(25)21-11-16-12-28-18-5-3-4-6-19(18)29-16/h3-10,13,16,23H,11-12H2,1-2H3,(H,21,25)(H,22,24)/t13-,16+/m0/s1. The first-order chi connectivity index (χ1) is 14.2. The molecule has 2 atom stereocenters. The smallest absolute Gasteiger partial charge is 0.241 e. The summed E-state index contributed by atoms with van der Waals surface area (Å²) in [6.07, 6.45) is -0.381. The van der Waals surface area contributed by atoms with Crippen molar-refractivity contribution in [2.24, 2.45) is 0 Å². The molecule has 2 amide bonds. The van der Waals surface area contributed by atoms with E-state index in [0.29, 0.717) is 17.2 Å². The lowest BCUT2D eigenvalue weighted by molar-refractivity contribution is -0.122. The number of fused-ring (bicyclic) bond motifs is 1. The van der Waals surface area contributed by atoms with Gasteiger partial charge in [-0.2, -0.15) is 4.72 Å². The summed E-state index contributed by atoms with van der Waals surface area (Å²) in [5, 5.41) is 5.23. The maximum atomic E-state index is 12.5. The van der Waals surface area contributed by atoms with Crippen LogP contribution in [-0.2, 0) is 19.6 Å². The van der Waals surface area contributed by atoms with Crippen LogP contribution >= 0.6 is 0 Å². The number of nitrogens with one attached hydrogen (secondary N) is 3. The molecule has 0 fully saturated rings. The van der Waals surface area contributed by atoms with Crippen molar-refractivity contribution in [3.8, 4) is 11.5 Å². The number of hydrogen-bond acceptors (Lipinski definition) is 6. The average Bonchev–Trinajstić information content (AvgIpc) is 2.71. The van der Waals surface area contributed by atoms with Crippen LogP contribution in [0.4, 0.5) is 5.69 Å². The van der Waals surface area contributed by atoms with Gasteiger partial charge in [0.2, 0.25) is 21.8 Å². The van der Waals surface area contributed by atoms with Gasteiger partial charge in [-0.1, -0.05) is 12.1 Å². The highest BCUT2D eigenvalue weighted by Crippen LogP contribution is 2.30. The number of anilines is 1. The molecule has 3 N–H and O–H groups in total. The van der Waals surface area contributed by atoms with Crippen LogP contribution in [0.15, 0.2) is 53.4 Å². The number of ether oxygens (including phenoxy) is 2. The molecular formula is C20H23N3O6S. The second kappa shape index (κ2) is 9.14. The van der Waals surface area contributed by atoms with Crippen LogP contribution in [0, 0.1) is 0 Å². The van der Waals surface area contributed by atoms with Crippen molar-refractivity contribution in [2.75, 3.05) is 18.5 Å². The summed E-state index contributed by atoms with van der Waals surface area (Å²) in [5.74, 6) is 0.492. The van der Waals surface area contributed by atoms with Crippen molar-refractivity contribution >= 4 is 27.5 Å². The molecule has 160 valence electrons. The van der Waals surface area contributed by atoms with E-state index in [9.17, 15) is 18.0 Å². The molecule has 0 aliphatic carbocycles. The number of hydrogen-bond donors (Lipinski definition) is 3. The Labute approximate surface area is 174 Å². The number of rotatable bonds is 7. The third-order valence-corrected chi connectivity index (χ3v) is 5.84. The summed E-state index contributed by atoms with van der Waals surface area (Å²) in [6.45, 7) is 3.25. The molecule has 1 heterocycles. The SMILES string of the molecule is CC(=O)Nc1ccc(S(=O)(=O)N[C@@H](C)C(=O)NC[C@@H]2COc3ccccc3O2)cc1. The Hall–Kier alpha value is -3.11. The number of sulfonamides is 1. The topological polar surface area (TPSA) is 123 Å². The lowest BCUT2D eigenvalue weighted by Gasteiger charge is -2.27. The van der Waals surface area contributed by atoms with E-state index >= 15 is 0 Å². The summed E-state index contributed by atoms with van der Waals surface area (Å²) >= 11 is 0. The van der Waals surface area contributed by atoms with Gasteiger partial charge < -0.3 is 20.1 Å². The molecule has 0 aromatic heterocycles. The fourth-order valence-corrected chi connectivity index (χ4v) is 4.01. The summed E-state index contributed by atoms with van der Waals surface area (Å²) < 4.78 is 38.7. The quantitative estimate of drug-likeness (QED) is 0.604. The Morgan fingerprint density at radius 2 is 1.77 bits per heavy atom. The lowest BCUT2D eigenvalue weighted by atomic mass is 10.2. The first-order valence-electron chi connectivity index (χ1n) is 9.31. The minimum absolute atomic E-state index is 0.0168. The predicted molar refractivity (Wildman–Crippen MR) is 110 cm³/mol. The molecule has 2 aromatic rings. The Bertz CT molecular complexity index is 1020. The van der Waals surface area contributed by atoms with Gasteiger partial charge >= 0.3 is 0 Å². The molecule has 0 radical (unpaired) electrons. The van der Waals surface area contributed by atoms with Gasteiger partial charge in [0, 0.05) is 12.6 Å². The van der Waals surface area contributed by atoms with Crippen LogP contribution in [0.1, 0.15) is 13.8 Å². The van der Waals surface area contributed by atoms with Crippen LogP contribution in [0.5, 0.6) is 11.5 Å². The Morgan fingerprint density at radius 3 is 2.43 bits per heavy atom. The molecule has 2 aromatic carbocycles. The minimum atomic E-state index is -3.91. The van der Waals surface area contributed by atoms with Gasteiger partial charge in [0.1, 0.15) is 12.7 Å². The van der Waals surface area contributed by atoms with Gasteiger partial charge in [0.25, 0.3) is 0 Å². The molecule has 0 unspecified atom stereocenters. The lowest BCUT2D eigenvalue weighted by Crippen LogP contribution is -2.48. The van der Waals surface area contributed by atoms with E-state index < -0.39 is 22.0 Å². The van der Waals surface area contributed by atoms with E-state index in [-0.39, 0.29) is 30.1 Å². The molecule has 1 aliphatic rings. The minimum Gasteiger partial charge on any atom is -0.486 e. The Balaban J connectivity index is 1.52. The number of carbonyl (C=O) groups excluding carboxylic acids is 2. The van der Waals surface area contributed by atoms with Crippen LogP contribution in [0.2, 0.25) is 0 Å². The maximum Gasteiger partial charge on any atom is 0.241 e.